The van der Waals surface area contributed by atoms with Gasteiger partial charge in [-0.05, 0) is 72.8 Å². The number of phenols is 2. The van der Waals surface area contributed by atoms with Crippen LogP contribution in [-0.4, -0.2) is 19.3 Å². The van der Waals surface area contributed by atoms with E-state index in [1.54, 1.807) is 0 Å². The van der Waals surface area contributed by atoms with E-state index in [1.165, 1.54) is 33.7 Å². The number of benzene rings is 7. The largest absolute Gasteiger partial charge is 0.505 e. The van der Waals surface area contributed by atoms with Gasteiger partial charge < -0.3 is 19.3 Å². The first kappa shape index (κ1) is 29.1. The lowest BCUT2D eigenvalue weighted by Crippen LogP contribution is -1.92. The topological polar surface area (TPSA) is 99.8 Å². The third-order valence-electron chi connectivity index (χ3n) is 8.99. The summed E-state index contributed by atoms with van der Waals surface area (Å²) in [4.78, 5) is 0. The highest BCUT2D eigenvalue weighted by molar-refractivity contribution is 6.10. The number of fused-ring (bicyclic) bond motifs is 6. The van der Waals surface area contributed by atoms with E-state index in [1.807, 2.05) is 72.8 Å². The Morgan fingerprint density at radius 3 is 1.00 bits per heavy atom. The number of nitrogens with zero attached hydrogens (tertiary/aromatic N) is 6. The molecule has 9 rings (SSSR count). The third kappa shape index (κ3) is 4.94. The summed E-state index contributed by atoms with van der Waals surface area (Å²) in [6, 6.07) is 51.6. The molecule has 8 heteroatoms. The van der Waals surface area contributed by atoms with Gasteiger partial charge >= 0.3 is 0 Å². The van der Waals surface area contributed by atoms with Crippen LogP contribution in [-0.2, 0) is 0 Å². The normalized spacial score (nSPS) is 12.0. The van der Waals surface area contributed by atoms with Crippen LogP contribution < -0.4 is 0 Å². The van der Waals surface area contributed by atoms with Crippen LogP contribution in [0.2, 0.25) is 0 Å². The number of rotatable bonds is 6. The van der Waals surface area contributed by atoms with Crippen molar-refractivity contribution in [3.8, 4) is 22.9 Å². The lowest BCUT2D eigenvalue weighted by atomic mass is 10.2. The van der Waals surface area contributed by atoms with Crippen molar-refractivity contribution >= 4 is 66.4 Å². The molecule has 0 radical (unpaired) electrons. The van der Waals surface area contributed by atoms with Crippen molar-refractivity contribution in [2.45, 2.75) is 0 Å². The summed E-state index contributed by atoms with van der Waals surface area (Å²) >= 11 is 0. The first-order valence-corrected chi connectivity index (χ1v) is 16.2. The zero-order valence-electron chi connectivity index (χ0n) is 26.6. The van der Waals surface area contributed by atoms with Crippen LogP contribution in [0.4, 0.5) is 22.7 Å². The summed E-state index contributed by atoms with van der Waals surface area (Å²) in [7, 11) is 0. The lowest BCUT2D eigenvalue weighted by Gasteiger charge is -2.08. The van der Waals surface area contributed by atoms with Gasteiger partial charge in [0.1, 0.15) is 22.9 Å². The Kier molecular flexibility index (Phi) is 6.91. The maximum Gasteiger partial charge on any atom is 0.146 e. The molecule has 0 aliphatic rings. The van der Waals surface area contributed by atoms with Crippen LogP contribution >= 0.6 is 0 Å². The predicted octanol–water partition coefficient (Wildman–Crippen LogP) is 12.1. The molecule has 238 valence electrons. The van der Waals surface area contributed by atoms with Gasteiger partial charge in [-0.25, -0.2) is 0 Å². The molecule has 50 heavy (non-hydrogen) atoms. The van der Waals surface area contributed by atoms with Crippen molar-refractivity contribution in [2.24, 2.45) is 20.5 Å². The SMILES string of the molecule is Oc1cc(O)c(N=Nc2ccc(-n3c4ccccc4c4ccccc43)cc2)cc1N=Nc1ccc(-n2c3ccccc3c3ccccc32)cc1. The molecule has 0 saturated heterocycles. The summed E-state index contributed by atoms with van der Waals surface area (Å²) in [5, 5.41) is 43.1. The Hall–Kier alpha value is -7.06. The Balaban J connectivity index is 0.969. The van der Waals surface area contributed by atoms with Gasteiger partial charge in [0, 0.05) is 45.1 Å². The fourth-order valence-corrected chi connectivity index (χ4v) is 6.68. The molecule has 0 saturated carbocycles. The van der Waals surface area contributed by atoms with Gasteiger partial charge in [0.15, 0.2) is 0 Å². The van der Waals surface area contributed by atoms with E-state index in [9.17, 15) is 10.2 Å². The van der Waals surface area contributed by atoms with E-state index >= 15 is 0 Å². The minimum atomic E-state index is -0.220. The monoisotopic (exact) mass is 648 g/mol. The van der Waals surface area contributed by atoms with Crippen molar-refractivity contribution in [3.63, 3.8) is 0 Å². The molecule has 2 aromatic heterocycles. The molecule has 7 aromatic carbocycles. The summed E-state index contributed by atoms with van der Waals surface area (Å²) in [6.07, 6.45) is 0. The average Bonchev–Trinajstić information content (AvgIpc) is 3.68. The summed E-state index contributed by atoms with van der Waals surface area (Å²) < 4.78 is 4.46. The highest BCUT2D eigenvalue weighted by atomic mass is 16.3. The van der Waals surface area contributed by atoms with Crippen molar-refractivity contribution < 1.29 is 10.2 Å². The summed E-state index contributed by atoms with van der Waals surface area (Å²) in [5.74, 6) is -0.440. The van der Waals surface area contributed by atoms with Gasteiger partial charge in [-0.2, -0.15) is 10.2 Å². The van der Waals surface area contributed by atoms with Gasteiger partial charge in [0.05, 0.1) is 33.4 Å². The van der Waals surface area contributed by atoms with E-state index in [0.717, 1.165) is 33.4 Å². The van der Waals surface area contributed by atoms with E-state index < -0.39 is 0 Å². The number of phenolic OH excluding ortho intramolecular Hbond substituents is 2. The fourth-order valence-electron chi connectivity index (χ4n) is 6.68. The minimum absolute atomic E-state index is 0.157. The maximum atomic E-state index is 10.5. The van der Waals surface area contributed by atoms with E-state index in [2.05, 4.69) is 102 Å². The number of hydrogen-bond acceptors (Lipinski definition) is 6. The number of aromatic nitrogens is 2. The molecular weight excluding hydrogens is 621 g/mol. The second-order valence-corrected chi connectivity index (χ2v) is 12.0. The summed E-state index contributed by atoms with van der Waals surface area (Å²) in [5.41, 5.74) is 8.02. The molecule has 0 atom stereocenters. The van der Waals surface area contributed by atoms with Gasteiger partial charge in [-0.3, -0.25) is 0 Å². The number of para-hydroxylation sites is 4. The number of hydrogen-bond donors (Lipinski definition) is 2. The molecule has 0 amide bonds. The number of azo groups is 2. The molecule has 2 heterocycles. The predicted molar refractivity (Wildman–Crippen MR) is 200 cm³/mol. The van der Waals surface area contributed by atoms with Crippen LogP contribution in [0.25, 0.3) is 55.0 Å². The molecule has 9 aromatic rings. The molecule has 0 bridgehead atoms. The Bertz CT molecular complexity index is 2480. The maximum absolute atomic E-state index is 10.5. The molecule has 2 N–H and O–H groups in total. The molecule has 0 fully saturated rings. The van der Waals surface area contributed by atoms with E-state index in [0.29, 0.717) is 11.4 Å². The van der Waals surface area contributed by atoms with E-state index in [4.69, 9.17) is 0 Å². The molecular formula is C42H28N6O2. The molecule has 0 unspecified atom stereocenters. The van der Waals surface area contributed by atoms with Gasteiger partial charge in [0.25, 0.3) is 0 Å². The van der Waals surface area contributed by atoms with Crippen LogP contribution in [0.3, 0.4) is 0 Å². The van der Waals surface area contributed by atoms with Crippen molar-refractivity contribution in [1.82, 2.24) is 9.13 Å². The highest BCUT2D eigenvalue weighted by Gasteiger charge is 2.13. The molecule has 0 spiro atoms. The Morgan fingerprint density at radius 1 is 0.340 bits per heavy atom. The van der Waals surface area contributed by atoms with Gasteiger partial charge in [-0.15, -0.1) is 10.2 Å². The Labute approximate surface area is 286 Å². The van der Waals surface area contributed by atoms with Crippen molar-refractivity contribution in [3.05, 3.63) is 158 Å². The standard InChI is InChI=1S/C42H28N6O2/c49-41-26-42(50)36(46-44-28-19-23-30(24-20-28)48-39-15-7-3-11-33(39)34-12-4-8-16-40(34)48)25-35(41)45-43-27-17-21-29(22-18-27)47-37-13-5-1-9-31(37)32-10-2-6-14-38(32)47/h1-26,49-50H. The molecule has 8 nitrogen and oxygen atoms in total. The summed E-state index contributed by atoms with van der Waals surface area (Å²) in [6.45, 7) is 0. The Morgan fingerprint density at radius 2 is 0.660 bits per heavy atom. The van der Waals surface area contributed by atoms with Crippen LogP contribution in [0.1, 0.15) is 0 Å². The van der Waals surface area contributed by atoms with Crippen LogP contribution in [0.5, 0.6) is 11.5 Å². The van der Waals surface area contributed by atoms with Gasteiger partial charge in [-0.1, -0.05) is 72.8 Å². The first-order chi connectivity index (χ1) is 24.6. The molecule has 0 aliphatic carbocycles. The third-order valence-corrected chi connectivity index (χ3v) is 8.99. The van der Waals surface area contributed by atoms with Crippen molar-refractivity contribution in [2.75, 3.05) is 0 Å². The average molecular weight is 649 g/mol. The quantitative estimate of drug-likeness (QED) is 0.175. The first-order valence-electron chi connectivity index (χ1n) is 16.2. The zero-order chi connectivity index (χ0) is 33.6. The lowest BCUT2D eigenvalue weighted by molar-refractivity contribution is 0.452. The van der Waals surface area contributed by atoms with E-state index in [-0.39, 0.29) is 22.9 Å². The van der Waals surface area contributed by atoms with Gasteiger partial charge in [0.2, 0.25) is 0 Å². The van der Waals surface area contributed by atoms with Crippen LogP contribution in [0.15, 0.2) is 178 Å². The van der Waals surface area contributed by atoms with Crippen LogP contribution in [0, 0.1) is 0 Å². The number of aromatic hydroxyl groups is 2. The zero-order valence-corrected chi connectivity index (χ0v) is 26.6. The highest BCUT2D eigenvalue weighted by Crippen LogP contribution is 2.40. The smallest absolute Gasteiger partial charge is 0.146 e. The van der Waals surface area contributed by atoms with Crippen molar-refractivity contribution in [1.29, 1.82) is 0 Å². The fraction of sp³-hybridized carbons (Fsp3) is 0. The second kappa shape index (κ2) is 11.9. The second-order valence-electron chi connectivity index (χ2n) is 12.0. The molecule has 0 aliphatic heterocycles. The minimum Gasteiger partial charge on any atom is -0.505 e.